The SMILES string of the molecule is COc1cc(C)[nH]c(=O)c1CNC(=O)c1c(C)c(C(C)N(C)C(C)=O)n2ncccc12. The van der Waals surface area contributed by atoms with Crippen molar-refractivity contribution in [2.24, 2.45) is 0 Å². The fraction of sp³-hybridized carbons (Fsp3) is 0.364. The zero-order valence-electron chi connectivity index (χ0n) is 18.6. The second-order valence-electron chi connectivity index (χ2n) is 7.52. The molecule has 0 saturated carbocycles. The number of nitrogens with one attached hydrogen (secondary N) is 2. The van der Waals surface area contributed by atoms with Crippen LogP contribution in [0.4, 0.5) is 0 Å². The van der Waals surface area contributed by atoms with Gasteiger partial charge >= 0.3 is 0 Å². The summed E-state index contributed by atoms with van der Waals surface area (Å²) in [7, 11) is 3.19. The predicted octanol–water partition coefficient (Wildman–Crippen LogP) is 2.12. The molecule has 9 nitrogen and oxygen atoms in total. The van der Waals surface area contributed by atoms with E-state index in [4.69, 9.17) is 4.74 Å². The molecule has 2 N–H and O–H groups in total. The smallest absolute Gasteiger partial charge is 0.256 e. The first-order valence-corrected chi connectivity index (χ1v) is 9.92. The highest BCUT2D eigenvalue weighted by Gasteiger charge is 2.27. The van der Waals surface area contributed by atoms with Crippen molar-refractivity contribution in [3.05, 3.63) is 62.8 Å². The van der Waals surface area contributed by atoms with Crippen LogP contribution in [0.3, 0.4) is 0 Å². The fourth-order valence-electron chi connectivity index (χ4n) is 3.76. The van der Waals surface area contributed by atoms with E-state index in [1.807, 2.05) is 13.8 Å². The van der Waals surface area contributed by atoms with Gasteiger partial charge in [-0.1, -0.05) is 0 Å². The number of pyridine rings is 1. The number of carbonyl (C=O) groups is 2. The van der Waals surface area contributed by atoms with E-state index in [-0.39, 0.29) is 30.0 Å². The summed E-state index contributed by atoms with van der Waals surface area (Å²) in [6.45, 7) is 6.99. The number of aryl methyl sites for hydroxylation is 1. The summed E-state index contributed by atoms with van der Waals surface area (Å²) in [5, 5.41) is 7.23. The Morgan fingerprint density at radius 3 is 2.71 bits per heavy atom. The zero-order chi connectivity index (χ0) is 22.9. The summed E-state index contributed by atoms with van der Waals surface area (Å²) in [6, 6.07) is 4.98. The minimum atomic E-state index is -0.339. The number of nitrogens with zero attached hydrogens (tertiary/aromatic N) is 3. The van der Waals surface area contributed by atoms with E-state index < -0.39 is 0 Å². The molecule has 164 valence electrons. The highest BCUT2D eigenvalue weighted by molar-refractivity contribution is 6.03. The minimum Gasteiger partial charge on any atom is -0.496 e. The van der Waals surface area contributed by atoms with E-state index >= 15 is 0 Å². The molecule has 0 spiro atoms. The Balaban J connectivity index is 2.00. The topological polar surface area (TPSA) is 109 Å². The minimum absolute atomic E-state index is 0.00684. The number of aromatic amines is 1. The molecule has 0 aliphatic carbocycles. The lowest BCUT2D eigenvalue weighted by Gasteiger charge is -2.24. The number of rotatable bonds is 6. The van der Waals surface area contributed by atoms with Crippen molar-refractivity contribution < 1.29 is 14.3 Å². The molecule has 0 aromatic carbocycles. The molecule has 9 heteroatoms. The third kappa shape index (κ3) is 4.03. The first kappa shape index (κ1) is 22.1. The molecule has 0 aliphatic heterocycles. The zero-order valence-corrected chi connectivity index (χ0v) is 18.6. The van der Waals surface area contributed by atoms with Crippen LogP contribution in [-0.4, -0.2) is 45.5 Å². The van der Waals surface area contributed by atoms with Crippen LogP contribution in [0.15, 0.2) is 29.2 Å². The van der Waals surface area contributed by atoms with E-state index in [0.29, 0.717) is 28.1 Å². The standard InChI is InChI=1S/C22H27N5O4/c1-12-10-18(31-6)16(21(29)25-12)11-23-22(30)19-13(2)20(14(3)26(5)15(4)28)27-17(19)8-7-9-24-27/h7-10,14H,11H2,1-6H3,(H,23,30)(H,25,29). The maximum Gasteiger partial charge on any atom is 0.256 e. The molecule has 3 aromatic rings. The average Bonchev–Trinajstić information content (AvgIpc) is 3.02. The van der Waals surface area contributed by atoms with Gasteiger partial charge in [0.05, 0.1) is 42.0 Å². The highest BCUT2D eigenvalue weighted by Crippen LogP contribution is 2.29. The van der Waals surface area contributed by atoms with Crippen LogP contribution in [0, 0.1) is 13.8 Å². The second-order valence-corrected chi connectivity index (χ2v) is 7.52. The lowest BCUT2D eigenvalue weighted by atomic mass is 10.1. The first-order chi connectivity index (χ1) is 14.7. The van der Waals surface area contributed by atoms with Gasteiger partial charge in [-0.15, -0.1) is 0 Å². The van der Waals surface area contributed by atoms with Gasteiger partial charge in [0.25, 0.3) is 11.5 Å². The van der Waals surface area contributed by atoms with Gasteiger partial charge in [0.1, 0.15) is 5.75 Å². The number of hydrogen-bond donors (Lipinski definition) is 2. The van der Waals surface area contributed by atoms with Crippen LogP contribution in [0.5, 0.6) is 5.75 Å². The van der Waals surface area contributed by atoms with Crippen molar-refractivity contribution >= 4 is 17.3 Å². The number of hydrogen-bond acceptors (Lipinski definition) is 5. The lowest BCUT2D eigenvalue weighted by molar-refractivity contribution is -0.129. The lowest BCUT2D eigenvalue weighted by Crippen LogP contribution is -2.29. The largest absolute Gasteiger partial charge is 0.496 e. The fourth-order valence-corrected chi connectivity index (χ4v) is 3.76. The molecule has 1 unspecified atom stereocenters. The van der Waals surface area contributed by atoms with Crippen LogP contribution in [0.1, 0.15) is 52.8 Å². The molecule has 0 saturated heterocycles. The van der Waals surface area contributed by atoms with Crippen LogP contribution < -0.4 is 15.6 Å². The van der Waals surface area contributed by atoms with Crippen molar-refractivity contribution in [3.63, 3.8) is 0 Å². The number of carbonyl (C=O) groups excluding carboxylic acids is 2. The molecule has 0 radical (unpaired) electrons. The maximum atomic E-state index is 13.2. The van der Waals surface area contributed by atoms with Crippen LogP contribution in [0.2, 0.25) is 0 Å². The Hall–Kier alpha value is -3.62. The Bertz CT molecular complexity index is 1210. The average molecular weight is 425 g/mol. The number of aromatic nitrogens is 3. The summed E-state index contributed by atoms with van der Waals surface area (Å²) in [5.41, 5.74) is 3.26. The van der Waals surface area contributed by atoms with E-state index in [1.165, 1.54) is 14.0 Å². The number of fused-ring (bicyclic) bond motifs is 1. The molecule has 1 atom stereocenters. The molecule has 3 aromatic heterocycles. The van der Waals surface area contributed by atoms with Gasteiger partial charge in [0.2, 0.25) is 5.91 Å². The van der Waals surface area contributed by atoms with Gasteiger partial charge in [0.15, 0.2) is 0 Å². The first-order valence-electron chi connectivity index (χ1n) is 9.92. The third-order valence-corrected chi connectivity index (χ3v) is 5.57. The Kier molecular flexibility index (Phi) is 6.14. The maximum absolute atomic E-state index is 13.2. The normalized spacial score (nSPS) is 11.9. The molecule has 3 rings (SSSR count). The molecular weight excluding hydrogens is 398 g/mol. The van der Waals surface area contributed by atoms with Gasteiger partial charge in [-0.2, -0.15) is 5.10 Å². The Labute approximate surface area is 180 Å². The monoisotopic (exact) mass is 425 g/mol. The van der Waals surface area contributed by atoms with Crippen molar-refractivity contribution in [1.82, 2.24) is 24.8 Å². The number of methoxy groups -OCH3 is 1. The molecule has 0 bridgehead atoms. The van der Waals surface area contributed by atoms with E-state index in [2.05, 4.69) is 15.4 Å². The summed E-state index contributed by atoms with van der Waals surface area (Å²) >= 11 is 0. The van der Waals surface area contributed by atoms with Gasteiger partial charge < -0.3 is 19.9 Å². The van der Waals surface area contributed by atoms with Gasteiger partial charge in [-0.3, -0.25) is 14.4 Å². The van der Waals surface area contributed by atoms with Crippen LogP contribution in [0.25, 0.3) is 5.52 Å². The summed E-state index contributed by atoms with van der Waals surface area (Å²) < 4.78 is 6.99. The number of H-pyrrole nitrogens is 1. The van der Waals surface area contributed by atoms with Crippen molar-refractivity contribution in [2.75, 3.05) is 14.2 Å². The van der Waals surface area contributed by atoms with Crippen molar-refractivity contribution in [3.8, 4) is 5.75 Å². The van der Waals surface area contributed by atoms with Crippen LogP contribution in [-0.2, 0) is 11.3 Å². The van der Waals surface area contributed by atoms with Crippen molar-refractivity contribution in [1.29, 1.82) is 0 Å². The quantitative estimate of drug-likeness (QED) is 0.629. The third-order valence-electron chi connectivity index (χ3n) is 5.57. The van der Waals surface area contributed by atoms with Crippen molar-refractivity contribution in [2.45, 2.75) is 40.3 Å². The van der Waals surface area contributed by atoms with E-state index in [1.54, 1.807) is 47.8 Å². The van der Waals surface area contributed by atoms with Crippen LogP contribution >= 0.6 is 0 Å². The Morgan fingerprint density at radius 1 is 1.35 bits per heavy atom. The molecule has 31 heavy (non-hydrogen) atoms. The van der Waals surface area contributed by atoms with Gasteiger partial charge in [0, 0.05) is 25.9 Å². The van der Waals surface area contributed by atoms with Gasteiger partial charge in [-0.25, -0.2) is 4.52 Å². The Morgan fingerprint density at radius 2 is 2.06 bits per heavy atom. The summed E-state index contributed by atoms with van der Waals surface area (Å²) in [6.07, 6.45) is 1.63. The van der Waals surface area contributed by atoms with Gasteiger partial charge in [-0.05, 0) is 44.5 Å². The summed E-state index contributed by atoms with van der Waals surface area (Å²) in [5.74, 6) is -0.0116. The highest BCUT2D eigenvalue weighted by atomic mass is 16.5. The molecular formula is C22H27N5O4. The number of amides is 2. The number of ether oxygens (including phenoxy) is 1. The predicted molar refractivity (Wildman–Crippen MR) is 116 cm³/mol. The molecule has 3 heterocycles. The second kappa shape index (κ2) is 8.63. The van der Waals surface area contributed by atoms with E-state index in [0.717, 1.165) is 11.3 Å². The molecule has 0 fully saturated rings. The molecule has 2 amide bonds. The molecule has 0 aliphatic rings. The van der Waals surface area contributed by atoms with E-state index in [9.17, 15) is 14.4 Å². The summed E-state index contributed by atoms with van der Waals surface area (Å²) in [4.78, 5) is 41.7.